The number of rotatable bonds is 10. The van der Waals surface area contributed by atoms with Crippen LogP contribution in [-0.2, 0) is 24.1 Å². The van der Waals surface area contributed by atoms with Crippen LogP contribution >= 0.6 is 12.4 Å². The predicted molar refractivity (Wildman–Crippen MR) is 125 cm³/mol. The average Bonchev–Trinajstić information content (AvgIpc) is 3.22. The van der Waals surface area contributed by atoms with E-state index in [4.69, 9.17) is 14.0 Å². The van der Waals surface area contributed by atoms with E-state index < -0.39 is 29.0 Å². The van der Waals surface area contributed by atoms with Crippen molar-refractivity contribution in [1.82, 2.24) is 25.2 Å². The Bertz CT molecular complexity index is 1200. The fourth-order valence-corrected chi connectivity index (χ4v) is 3.48. The monoisotopic (exact) mass is 530 g/mol. The summed E-state index contributed by atoms with van der Waals surface area (Å²) in [7, 11) is 1.50. The number of halogens is 4. The molecule has 10 nitrogen and oxygen atoms in total. The van der Waals surface area contributed by atoms with E-state index in [2.05, 4.69) is 25.9 Å². The van der Waals surface area contributed by atoms with Crippen molar-refractivity contribution >= 4 is 18.1 Å². The number of methoxy groups -OCH3 is 1. The molecule has 3 aromatic rings. The predicted octanol–water partition coefficient (Wildman–Crippen LogP) is 2.83. The largest absolute Gasteiger partial charge is 0.497 e. The zero-order chi connectivity index (χ0) is 25.0. The van der Waals surface area contributed by atoms with Gasteiger partial charge in [-0.15, -0.1) is 12.4 Å². The first-order chi connectivity index (χ1) is 16.7. The number of anilines is 1. The summed E-state index contributed by atoms with van der Waals surface area (Å²) >= 11 is 0. The van der Waals surface area contributed by atoms with E-state index >= 15 is 0 Å². The molecule has 2 N–H and O–H groups in total. The number of benzene rings is 1. The molecule has 4 rings (SSSR count). The Morgan fingerprint density at radius 1 is 1.28 bits per heavy atom. The minimum absolute atomic E-state index is 0. The van der Waals surface area contributed by atoms with Crippen molar-refractivity contribution in [2.24, 2.45) is 0 Å². The molecular formula is C22H26ClF3N6O4. The van der Waals surface area contributed by atoms with Crippen molar-refractivity contribution in [3.8, 4) is 5.75 Å². The first kappa shape index (κ1) is 27.4. The van der Waals surface area contributed by atoms with Gasteiger partial charge >= 0.3 is 6.18 Å². The van der Waals surface area contributed by atoms with Crippen molar-refractivity contribution < 1.29 is 27.2 Å². The zero-order valence-electron chi connectivity index (χ0n) is 19.5. The van der Waals surface area contributed by atoms with Gasteiger partial charge in [0.1, 0.15) is 17.9 Å². The summed E-state index contributed by atoms with van der Waals surface area (Å²) < 4.78 is 57.9. The van der Waals surface area contributed by atoms with Crippen LogP contribution in [0.3, 0.4) is 0 Å². The number of ether oxygens (including phenoxy) is 2. The van der Waals surface area contributed by atoms with Gasteiger partial charge in [-0.05, 0) is 24.6 Å². The molecule has 1 fully saturated rings. The summed E-state index contributed by atoms with van der Waals surface area (Å²) in [6, 6.07) is 6.06. The fourth-order valence-electron chi connectivity index (χ4n) is 3.48. The zero-order valence-corrected chi connectivity index (χ0v) is 20.4. The third-order valence-electron chi connectivity index (χ3n) is 5.44. The fraction of sp³-hybridized carbons (Fsp3) is 0.455. The molecule has 1 atom stereocenters. The molecule has 1 saturated heterocycles. The highest BCUT2D eigenvalue weighted by atomic mass is 35.5. The van der Waals surface area contributed by atoms with Crippen LogP contribution in [0.15, 0.2) is 39.8 Å². The summed E-state index contributed by atoms with van der Waals surface area (Å²) in [4.78, 5) is 16.9. The average molecular weight is 531 g/mol. The van der Waals surface area contributed by atoms with Gasteiger partial charge in [0.15, 0.2) is 5.82 Å². The lowest BCUT2D eigenvalue weighted by atomic mass is 10.0. The Kier molecular flexibility index (Phi) is 8.93. The minimum Gasteiger partial charge on any atom is -0.497 e. The Hall–Kier alpha value is -3.16. The second kappa shape index (κ2) is 11.7. The van der Waals surface area contributed by atoms with Gasteiger partial charge in [0, 0.05) is 25.0 Å². The van der Waals surface area contributed by atoms with Crippen LogP contribution < -0.4 is 20.9 Å². The van der Waals surface area contributed by atoms with Crippen LogP contribution in [0.1, 0.15) is 35.7 Å². The Morgan fingerprint density at radius 2 is 2.00 bits per heavy atom. The second-order valence-corrected chi connectivity index (χ2v) is 8.20. The maximum absolute atomic E-state index is 13.8. The van der Waals surface area contributed by atoms with Crippen molar-refractivity contribution in [3.63, 3.8) is 0 Å². The highest BCUT2D eigenvalue weighted by Gasteiger charge is 2.38. The summed E-state index contributed by atoms with van der Waals surface area (Å²) in [6.07, 6.45) is -3.87. The van der Waals surface area contributed by atoms with Gasteiger partial charge in [-0.2, -0.15) is 23.3 Å². The molecule has 196 valence electrons. The smallest absolute Gasteiger partial charge is 0.423 e. The minimum atomic E-state index is -4.87. The maximum atomic E-state index is 13.8. The van der Waals surface area contributed by atoms with Gasteiger partial charge in [0.05, 0.1) is 32.1 Å². The number of nitrogens with one attached hydrogen (secondary N) is 2. The molecule has 1 aromatic carbocycles. The summed E-state index contributed by atoms with van der Waals surface area (Å²) in [5.74, 6) is 1.70. The van der Waals surface area contributed by atoms with Gasteiger partial charge in [-0.3, -0.25) is 4.79 Å². The summed E-state index contributed by atoms with van der Waals surface area (Å²) in [5.41, 5.74) is -2.37. The lowest BCUT2D eigenvalue weighted by Crippen LogP contribution is -2.40. The topological polar surface area (TPSA) is 116 Å². The van der Waals surface area contributed by atoms with Crippen molar-refractivity contribution in [3.05, 3.63) is 63.7 Å². The van der Waals surface area contributed by atoms with Gasteiger partial charge in [-0.1, -0.05) is 17.3 Å². The van der Waals surface area contributed by atoms with Crippen molar-refractivity contribution in [2.45, 2.75) is 38.2 Å². The molecule has 0 amide bonds. The van der Waals surface area contributed by atoms with Crippen LogP contribution in [0.4, 0.5) is 18.9 Å². The number of alkyl halides is 3. The molecule has 2 aromatic heterocycles. The molecule has 1 unspecified atom stereocenters. The van der Waals surface area contributed by atoms with E-state index in [1.165, 1.54) is 7.11 Å². The molecule has 1 aliphatic heterocycles. The van der Waals surface area contributed by atoms with E-state index in [0.717, 1.165) is 24.0 Å². The van der Waals surface area contributed by atoms with E-state index in [9.17, 15) is 18.0 Å². The molecule has 0 saturated carbocycles. The second-order valence-electron chi connectivity index (χ2n) is 8.20. The number of nitrogens with zero attached hydrogens (tertiary/aromatic N) is 4. The Labute approximate surface area is 210 Å². The van der Waals surface area contributed by atoms with Gasteiger partial charge in [-0.25, -0.2) is 4.68 Å². The normalized spacial score (nSPS) is 14.6. The van der Waals surface area contributed by atoms with Gasteiger partial charge in [0.25, 0.3) is 11.4 Å². The summed E-state index contributed by atoms with van der Waals surface area (Å²) in [6.45, 7) is 3.14. The number of hydrogen-bond donors (Lipinski definition) is 2. The lowest BCUT2D eigenvalue weighted by molar-refractivity contribution is -0.138. The quantitative estimate of drug-likeness (QED) is 0.408. The first-order valence-electron chi connectivity index (χ1n) is 10.9. The van der Waals surface area contributed by atoms with Crippen LogP contribution in [-0.4, -0.2) is 52.8 Å². The highest BCUT2D eigenvalue weighted by molar-refractivity contribution is 5.85. The SMILES string of the molecule is COc1ccc(Cn2ncc(NC(C)COCc3nc(C4CNC4)no3)c(C(F)(F)F)c2=O)cc1.Cl. The molecule has 36 heavy (non-hydrogen) atoms. The molecule has 3 heterocycles. The number of aromatic nitrogens is 4. The number of hydrogen-bond acceptors (Lipinski definition) is 9. The molecule has 14 heteroatoms. The molecule has 0 radical (unpaired) electrons. The Morgan fingerprint density at radius 3 is 2.61 bits per heavy atom. The van der Waals surface area contributed by atoms with Crippen LogP contribution in [0, 0.1) is 0 Å². The molecule has 1 aliphatic rings. The standard InChI is InChI=1S/C22H25F3N6O4.ClH/c1-13(11-34-12-18-29-20(30-35-18)15-7-26-8-15)28-17-9-27-31(21(32)19(17)22(23,24)25)10-14-3-5-16(33-2)6-4-14;/h3-6,9,13,15,26,28H,7-8,10-12H2,1-2H3;1H. The molecule has 0 bridgehead atoms. The molecular weight excluding hydrogens is 505 g/mol. The van der Waals surface area contributed by atoms with Crippen LogP contribution in [0.5, 0.6) is 5.75 Å². The van der Waals surface area contributed by atoms with Gasteiger partial charge in [0.2, 0.25) is 0 Å². The Balaban J connectivity index is 0.00000361. The van der Waals surface area contributed by atoms with Gasteiger partial charge < -0.3 is 24.6 Å². The highest BCUT2D eigenvalue weighted by Crippen LogP contribution is 2.32. The van der Waals surface area contributed by atoms with Crippen molar-refractivity contribution in [2.75, 3.05) is 32.1 Å². The molecule has 0 spiro atoms. The van der Waals surface area contributed by atoms with E-state index in [1.807, 2.05) is 0 Å². The van der Waals surface area contributed by atoms with Crippen LogP contribution in [0.25, 0.3) is 0 Å². The van der Waals surface area contributed by atoms with E-state index in [1.54, 1.807) is 31.2 Å². The third-order valence-corrected chi connectivity index (χ3v) is 5.44. The summed E-state index contributed by atoms with van der Waals surface area (Å²) in [5, 5.41) is 13.6. The molecule has 0 aliphatic carbocycles. The van der Waals surface area contributed by atoms with E-state index in [-0.39, 0.29) is 44.0 Å². The first-order valence-corrected chi connectivity index (χ1v) is 10.9. The lowest BCUT2D eigenvalue weighted by Gasteiger charge is -2.23. The maximum Gasteiger partial charge on any atom is 0.423 e. The third kappa shape index (κ3) is 6.53. The van der Waals surface area contributed by atoms with Crippen LogP contribution in [0.2, 0.25) is 0 Å². The van der Waals surface area contributed by atoms with E-state index in [0.29, 0.717) is 17.1 Å². The van der Waals surface area contributed by atoms with Crippen molar-refractivity contribution in [1.29, 1.82) is 0 Å².